The van der Waals surface area contributed by atoms with E-state index in [4.69, 9.17) is 4.74 Å². The van der Waals surface area contributed by atoms with Crippen molar-refractivity contribution in [3.63, 3.8) is 0 Å². The third kappa shape index (κ3) is 3.00. The lowest BCUT2D eigenvalue weighted by Crippen LogP contribution is -2.12. The van der Waals surface area contributed by atoms with Crippen LogP contribution in [0, 0.1) is 5.82 Å². The number of aldehydes is 1. The SMILES string of the molecule is COc1ccc(C=O)cc1NC(=O)c1ccc(F)cc1. The molecular weight excluding hydrogens is 261 g/mol. The first-order valence-electron chi connectivity index (χ1n) is 5.84. The van der Waals surface area contributed by atoms with Gasteiger partial charge in [0.1, 0.15) is 17.9 Å². The lowest BCUT2D eigenvalue weighted by atomic mass is 10.1. The van der Waals surface area contributed by atoms with Crippen LogP contribution >= 0.6 is 0 Å². The molecular formula is C15H12FNO3. The van der Waals surface area contributed by atoms with Gasteiger partial charge in [0.25, 0.3) is 5.91 Å². The minimum absolute atomic E-state index is 0.310. The zero-order valence-corrected chi connectivity index (χ0v) is 10.7. The number of benzene rings is 2. The number of carbonyl (C=O) groups is 2. The van der Waals surface area contributed by atoms with E-state index in [0.717, 1.165) is 0 Å². The quantitative estimate of drug-likeness (QED) is 0.871. The van der Waals surface area contributed by atoms with Crippen LogP contribution in [0.15, 0.2) is 42.5 Å². The Balaban J connectivity index is 2.26. The van der Waals surface area contributed by atoms with Gasteiger partial charge in [-0.3, -0.25) is 9.59 Å². The summed E-state index contributed by atoms with van der Waals surface area (Å²) in [6.07, 6.45) is 0.674. The Bertz CT molecular complexity index is 638. The van der Waals surface area contributed by atoms with Gasteiger partial charge in [-0.05, 0) is 42.5 Å². The lowest BCUT2D eigenvalue weighted by Gasteiger charge is -2.10. The largest absolute Gasteiger partial charge is 0.495 e. The molecule has 102 valence electrons. The predicted molar refractivity (Wildman–Crippen MR) is 72.7 cm³/mol. The number of carbonyl (C=O) groups excluding carboxylic acids is 2. The molecule has 0 unspecified atom stereocenters. The minimum Gasteiger partial charge on any atom is -0.495 e. The number of methoxy groups -OCH3 is 1. The lowest BCUT2D eigenvalue weighted by molar-refractivity contribution is 0.102. The molecule has 0 atom stereocenters. The maximum Gasteiger partial charge on any atom is 0.255 e. The average molecular weight is 273 g/mol. The molecule has 1 N–H and O–H groups in total. The van der Waals surface area contributed by atoms with Crippen LogP contribution in [0.1, 0.15) is 20.7 Å². The molecule has 0 aliphatic rings. The Hall–Kier alpha value is -2.69. The Morgan fingerprint density at radius 3 is 2.50 bits per heavy atom. The van der Waals surface area contributed by atoms with Crippen molar-refractivity contribution >= 4 is 17.9 Å². The van der Waals surface area contributed by atoms with E-state index < -0.39 is 11.7 Å². The van der Waals surface area contributed by atoms with Crippen LogP contribution in [-0.4, -0.2) is 19.3 Å². The maximum absolute atomic E-state index is 12.8. The summed E-state index contributed by atoms with van der Waals surface area (Å²) in [5.41, 5.74) is 1.11. The highest BCUT2D eigenvalue weighted by molar-refractivity contribution is 6.05. The summed E-state index contributed by atoms with van der Waals surface area (Å²) in [7, 11) is 1.46. The first-order valence-corrected chi connectivity index (χ1v) is 5.84. The molecule has 0 heterocycles. The summed E-state index contributed by atoms with van der Waals surface area (Å²) in [6, 6.07) is 9.83. The highest BCUT2D eigenvalue weighted by Crippen LogP contribution is 2.25. The van der Waals surface area contributed by atoms with Gasteiger partial charge in [-0.25, -0.2) is 4.39 Å². The van der Waals surface area contributed by atoms with E-state index in [1.54, 1.807) is 12.1 Å². The van der Waals surface area contributed by atoms with Crippen LogP contribution < -0.4 is 10.1 Å². The fourth-order valence-electron chi connectivity index (χ4n) is 1.69. The molecule has 0 aromatic heterocycles. The van der Waals surface area contributed by atoms with Crippen molar-refractivity contribution in [2.45, 2.75) is 0 Å². The van der Waals surface area contributed by atoms with E-state index >= 15 is 0 Å². The molecule has 0 aliphatic heterocycles. The van der Waals surface area contributed by atoms with Crippen LogP contribution in [0.25, 0.3) is 0 Å². The van der Waals surface area contributed by atoms with Gasteiger partial charge in [-0.15, -0.1) is 0 Å². The number of halogens is 1. The molecule has 2 rings (SSSR count). The summed E-state index contributed by atoms with van der Waals surface area (Å²) in [5.74, 6) is -0.389. The van der Waals surface area contributed by atoms with Gasteiger partial charge < -0.3 is 10.1 Å². The highest BCUT2D eigenvalue weighted by atomic mass is 19.1. The molecule has 2 aromatic carbocycles. The van der Waals surface area contributed by atoms with Crippen LogP contribution in [-0.2, 0) is 0 Å². The van der Waals surface area contributed by atoms with E-state index in [1.807, 2.05) is 0 Å². The average Bonchev–Trinajstić information content (AvgIpc) is 2.47. The van der Waals surface area contributed by atoms with E-state index in [9.17, 15) is 14.0 Å². The van der Waals surface area contributed by atoms with Crippen LogP contribution in [0.5, 0.6) is 5.75 Å². The van der Waals surface area contributed by atoms with Crippen molar-refractivity contribution < 1.29 is 18.7 Å². The van der Waals surface area contributed by atoms with Crippen LogP contribution in [0.2, 0.25) is 0 Å². The fourth-order valence-corrected chi connectivity index (χ4v) is 1.69. The first-order chi connectivity index (χ1) is 9.63. The van der Waals surface area contributed by atoms with Crippen molar-refractivity contribution in [1.82, 2.24) is 0 Å². The number of nitrogens with one attached hydrogen (secondary N) is 1. The second kappa shape index (κ2) is 5.97. The number of amides is 1. The molecule has 0 bridgehead atoms. The molecule has 4 nitrogen and oxygen atoms in total. The van der Waals surface area contributed by atoms with Gasteiger partial charge in [-0.1, -0.05) is 0 Å². The molecule has 0 radical (unpaired) electrons. The summed E-state index contributed by atoms with van der Waals surface area (Å²) in [6.45, 7) is 0. The third-order valence-corrected chi connectivity index (χ3v) is 2.71. The first kappa shape index (κ1) is 13.7. The van der Waals surface area contributed by atoms with Gasteiger partial charge in [0.15, 0.2) is 0 Å². The normalized spacial score (nSPS) is 9.90. The molecule has 0 fully saturated rings. The zero-order valence-electron chi connectivity index (χ0n) is 10.7. The number of hydrogen-bond acceptors (Lipinski definition) is 3. The van der Waals surface area contributed by atoms with Crippen LogP contribution in [0.4, 0.5) is 10.1 Å². The summed E-state index contributed by atoms with van der Waals surface area (Å²) in [5, 5.41) is 2.63. The second-order valence-corrected chi connectivity index (χ2v) is 4.04. The number of hydrogen-bond donors (Lipinski definition) is 1. The molecule has 0 aliphatic carbocycles. The maximum atomic E-state index is 12.8. The van der Waals surface area contributed by atoms with Crippen molar-refractivity contribution in [2.24, 2.45) is 0 Å². The topological polar surface area (TPSA) is 55.4 Å². The van der Waals surface area contributed by atoms with Crippen molar-refractivity contribution in [2.75, 3.05) is 12.4 Å². The highest BCUT2D eigenvalue weighted by Gasteiger charge is 2.10. The Morgan fingerprint density at radius 1 is 1.20 bits per heavy atom. The molecule has 0 saturated heterocycles. The monoisotopic (exact) mass is 273 g/mol. The smallest absolute Gasteiger partial charge is 0.255 e. The van der Waals surface area contributed by atoms with Gasteiger partial charge in [0, 0.05) is 11.1 Å². The Labute approximate surface area is 115 Å². The van der Waals surface area contributed by atoms with Crippen molar-refractivity contribution in [3.8, 4) is 5.75 Å². The summed E-state index contributed by atoms with van der Waals surface area (Å²) in [4.78, 5) is 22.8. The second-order valence-electron chi connectivity index (χ2n) is 4.04. The number of rotatable bonds is 4. The molecule has 20 heavy (non-hydrogen) atoms. The molecule has 5 heteroatoms. The van der Waals surface area contributed by atoms with Crippen molar-refractivity contribution in [1.29, 1.82) is 0 Å². The molecule has 0 spiro atoms. The molecule has 1 amide bonds. The van der Waals surface area contributed by atoms with Gasteiger partial charge in [-0.2, -0.15) is 0 Å². The van der Waals surface area contributed by atoms with E-state index in [-0.39, 0.29) is 0 Å². The number of anilines is 1. The molecule has 0 saturated carbocycles. The minimum atomic E-state index is -0.415. The fraction of sp³-hybridized carbons (Fsp3) is 0.0667. The Kier molecular flexibility index (Phi) is 4.10. The zero-order chi connectivity index (χ0) is 14.5. The summed E-state index contributed by atoms with van der Waals surface area (Å²) >= 11 is 0. The van der Waals surface area contributed by atoms with Gasteiger partial charge in [0.05, 0.1) is 12.8 Å². The van der Waals surface area contributed by atoms with Gasteiger partial charge in [0.2, 0.25) is 0 Å². The van der Waals surface area contributed by atoms with Crippen LogP contribution in [0.3, 0.4) is 0 Å². The van der Waals surface area contributed by atoms with E-state index in [2.05, 4.69) is 5.32 Å². The standard InChI is InChI=1S/C15H12FNO3/c1-20-14-7-2-10(9-18)8-13(14)17-15(19)11-3-5-12(16)6-4-11/h2-9H,1H3,(H,17,19). The third-order valence-electron chi connectivity index (χ3n) is 2.71. The predicted octanol–water partition coefficient (Wildman–Crippen LogP) is 2.90. The van der Waals surface area contributed by atoms with E-state index in [0.29, 0.717) is 28.8 Å². The van der Waals surface area contributed by atoms with E-state index in [1.165, 1.54) is 37.4 Å². The van der Waals surface area contributed by atoms with Gasteiger partial charge >= 0.3 is 0 Å². The Morgan fingerprint density at radius 2 is 1.90 bits per heavy atom. The summed E-state index contributed by atoms with van der Waals surface area (Å²) < 4.78 is 17.9. The molecule has 2 aromatic rings. The number of ether oxygens (including phenoxy) is 1. The van der Waals surface area contributed by atoms with Crippen molar-refractivity contribution in [3.05, 3.63) is 59.4 Å².